The monoisotopic (exact) mass is 192 g/mol. The van der Waals surface area contributed by atoms with Crippen molar-refractivity contribution in [3.63, 3.8) is 0 Å². The maximum Gasteiger partial charge on any atom is 0.139 e. The van der Waals surface area contributed by atoms with Gasteiger partial charge in [-0.05, 0) is 25.7 Å². The van der Waals surface area contributed by atoms with Crippen LogP contribution in [-0.4, -0.2) is 17.0 Å². The Balaban J connectivity index is 2.01. The van der Waals surface area contributed by atoms with Gasteiger partial charge in [0.05, 0.1) is 17.1 Å². The Labute approximate surface area is 84.3 Å². The van der Waals surface area contributed by atoms with Crippen molar-refractivity contribution in [3.05, 3.63) is 12.2 Å². The fourth-order valence-electron chi connectivity index (χ4n) is 3.30. The van der Waals surface area contributed by atoms with E-state index in [1.807, 2.05) is 0 Å². The predicted molar refractivity (Wildman–Crippen MR) is 52.9 cm³/mol. The number of hydrogen-bond donors (Lipinski definition) is 0. The number of ketones is 1. The van der Waals surface area contributed by atoms with Gasteiger partial charge in [-0.1, -0.05) is 19.1 Å². The number of carbonyl (C=O) groups is 1. The van der Waals surface area contributed by atoms with Crippen molar-refractivity contribution in [3.8, 4) is 0 Å². The zero-order valence-electron chi connectivity index (χ0n) is 8.58. The molecule has 1 aliphatic carbocycles. The second kappa shape index (κ2) is 2.48. The lowest BCUT2D eigenvalue weighted by atomic mass is 9.70. The van der Waals surface area contributed by atoms with Crippen LogP contribution in [0.4, 0.5) is 0 Å². The first kappa shape index (κ1) is 8.66. The molecule has 2 heteroatoms. The molecule has 2 aliphatic heterocycles. The first-order valence-electron chi connectivity index (χ1n) is 5.63. The van der Waals surface area contributed by atoms with Gasteiger partial charge >= 0.3 is 0 Å². The summed E-state index contributed by atoms with van der Waals surface area (Å²) in [5.41, 5.74) is -0.282. The number of rotatable bonds is 1. The first-order valence-corrected chi connectivity index (χ1v) is 5.63. The van der Waals surface area contributed by atoms with Gasteiger partial charge in [-0.3, -0.25) is 4.79 Å². The lowest BCUT2D eigenvalue weighted by molar-refractivity contribution is -0.131. The molecular formula is C12H16O2. The van der Waals surface area contributed by atoms with Gasteiger partial charge in [-0.25, -0.2) is 0 Å². The van der Waals surface area contributed by atoms with E-state index in [9.17, 15) is 4.79 Å². The van der Waals surface area contributed by atoms with Crippen molar-refractivity contribution in [1.82, 2.24) is 0 Å². The molecule has 3 rings (SSSR count). The van der Waals surface area contributed by atoms with Crippen molar-refractivity contribution in [2.24, 2.45) is 5.92 Å². The SMILES string of the molecule is CCC12C=CC3(CCCC(=O)C3C1)O2. The van der Waals surface area contributed by atoms with E-state index in [0.717, 1.165) is 32.1 Å². The fraction of sp³-hybridized carbons (Fsp3) is 0.750. The van der Waals surface area contributed by atoms with Gasteiger partial charge in [0.15, 0.2) is 0 Å². The third-order valence-electron chi connectivity index (χ3n) is 4.18. The minimum Gasteiger partial charge on any atom is -0.360 e. The summed E-state index contributed by atoms with van der Waals surface area (Å²) >= 11 is 0. The Hall–Kier alpha value is -0.630. The maximum atomic E-state index is 11.8. The van der Waals surface area contributed by atoms with Gasteiger partial charge in [0.2, 0.25) is 0 Å². The van der Waals surface area contributed by atoms with E-state index in [1.54, 1.807) is 0 Å². The Kier molecular flexibility index (Phi) is 1.54. The fourth-order valence-corrected chi connectivity index (χ4v) is 3.30. The van der Waals surface area contributed by atoms with Gasteiger partial charge in [0.25, 0.3) is 0 Å². The summed E-state index contributed by atoms with van der Waals surface area (Å²) < 4.78 is 6.14. The van der Waals surface area contributed by atoms with Crippen LogP contribution in [0.3, 0.4) is 0 Å². The lowest BCUT2D eigenvalue weighted by Crippen LogP contribution is -2.40. The maximum absolute atomic E-state index is 11.8. The van der Waals surface area contributed by atoms with E-state index in [-0.39, 0.29) is 17.1 Å². The lowest BCUT2D eigenvalue weighted by Gasteiger charge is -2.33. The zero-order chi connectivity index (χ0) is 9.81. The van der Waals surface area contributed by atoms with Crippen LogP contribution in [0.15, 0.2) is 12.2 Å². The minimum atomic E-state index is -0.189. The number of Topliss-reactive ketones (excluding diaryl/α,β-unsaturated/α-hetero) is 1. The Morgan fingerprint density at radius 2 is 2.43 bits per heavy atom. The van der Waals surface area contributed by atoms with Crippen molar-refractivity contribution < 1.29 is 9.53 Å². The van der Waals surface area contributed by atoms with Gasteiger partial charge in [0, 0.05) is 6.42 Å². The average molecular weight is 192 g/mol. The van der Waals surface area contributed by atoms with Crippen LogP contribution in [0, 0.1) is 5.92 Å². The molecule has 0 amide bonds. The van der Waals surface area contributed by atoms with Crippen LogP contribution in [0.25, 0.3) is 0 Å². The highest BCUT2D eigenvalue weighted by Crippen LogP contribution is 2.55. The summed E-state index contributed by atoms with van der Waals surface area (Å²) in [6.45, 7) is 2.14. The molecule has 2 heterocycles. The molecule has 3 atom stereocenters. The van der Waals surface area contributed by atoms with Crippen molar-refractivity contribution in [1.29, 1.82) is 0 Å². The normalized spacial score (nSPS) is 49.8. The topological polar surface area (TPSA) is 26.3 Å². The molecule has 1 spiro atoms. The van der Waals surface area contributed by atoms with Crippen LogP contribution in [0.5, 0.6) is 0 Å². The first-order chi connectivity index (χ1) is 6.70. The molecule has 0 radical (unpaired) electrons. The Bertz CT molecular complexity index is 320. The quantitative estimate of drug-likeness (QED) is 0.595. The highest BCUT2D eigenvalue weighted by Gasteiger charge is 2.60. The predicted octanol–water partition coefficient (Wildman–Crippen LogP) is 2.23. The molecule has 2 fully saturated rings. The molecule has 0 N–H and O–H groups in total. The molecule has 2 nitrogen and oxygen atoms in total. The molecule has 0 aromatic rings. The van der Waals surface area contributed by atoms with E-state index in [1.165, 1.54) is 0 Å². The highest BCUT2D eigenvalue weighted by atomic mass is 16.5. The molecule has 1 saturated carbocycles. The second-order valence-corrected chi connectivity index (χ2v) is 4.89. The van der Waals surface area contributed by atoms with E-state index in [4.69, 9.17) is 4.74 Å². The third kappa shape index (κ3) is 0.876. The van der Waals surface area contributed by atoms with Gasteiger partial charge in [-0.15, -0.1) is 0 Å². The summed E-state index contributed by atoms with van der Waals surface area (Å²) in [6.07, 6.45) is 9.10. The molecule has 3 unspecified atom stereocenters. The summed E-state index contributed by atoms with van der Waals surface area (Å²) in [5, 5.41) is 0. The zero-order valence-corrected chi connectivity index (χ0v) is 8.58. The van der Waals surface area contributed by atoms with Gasteiger partial charge in [0.1, 0.15) is 5.78 Å². The minimum absolute atomic E-state index is 0.0926. The van der Waals surface area contributed by atoms with Crippen LogP contribution < -0.4 is 0 Å². The molecular weight excluding hydrogens is 176 g/mol. The average Bonchev–Trinajstić information content (AvgIpc) is 2.71. The molecule has 14 heavy (non-hydrogen) atoms. The van der Waals surface area contributed by atoms with E-state index < -0.39 is 0 Å². The standard InChI is InChI=1S/C12H16O2/c1-2-11-6-7-12(14-11)5-3-4-10(13)9(12)8-11/h6-7,9H,2-5,8H2,1H3. The van der Waals surface area contributed by atoms with E-state index in [0.29, 0.717) is 5.78 Å². The van der Waals surface area contributed by atoms with Crippen LogP contribution in [0.2, 0.25) is 0 Å². The highest BCUT2D eigenvalue weighted by molar-refractivity contribution is 5.84. The van der Waals surface area contributed by atoms with E-state index >= 15 is 0 Å². The number of fused-ring (bicyclic) bond motifs is 1. The van der Waals surface area contributed by atoms with Crippen molar-refractivity contribution in [2.75, 3.05) is 0 Å². The molecule has 76 valence electrons. The van der Waals surface area contributed by atoms with Gasteiger partial charge in [-0.2, -0.15) is 0 Å². The largest absolute Gasteiger partial charge is 0.360 e. The van der Waals surface area contributed by atoms with Crippen molar-refractivity contribution in [2.45, 2.75) is 50.2 Å². The Morgan fingerprint density at radius 3 is 3.14 bits per heavy atom. The molecule has 1 saturated heterocycles. The van der Waals surface area contributed by atoms with Gasteiger partial charge < -0.3 is 4.74 Å². The van der Waals surface area contributed by atoms with Crippen LogP contribution in [-0.2, 0) is 9.53 Å². The van der Waals surface area contributed by atoms with Crippen molar-refractivity contribution >= 4 is 5.78 Å². The second-order valence-electron chi connectivity index (χ2n) is 4.89. The molecule has 3 aliphatic rings. The summed E-state index contributed by atoms with van der Waals surface area (Å²) in [4.78, 5) is 11.8. The number of hydrogen-bond acceptors (Lipinski definition) is 2. The molecule has 0 aromatic carbocycles. The summed E-state index contributed by atoms with van der Waals surface area (Å²) in [6, 6.07) is 0. The molecule has 2 bridgehead atoms. The number of carbonyl (C=O) groups excluding carboxylic acids is 1. The smallest absolute Gasteiger partial charge is 0.139 e. The third-order valence-corrected chi connectivity index (χ3v) is 4.18. The van der Waals surface area contributed by atoms with Crippen LogP contribution in [0.1, 0.15) is 39.0 Å². The molecule has 0 aromatic heterocycles. The summed E-state index contributed by atoms with van der Waals surface area (Å²) in [5.74, 6) is 0.595. The Morgan fingerprint density at radius 1 is 1.57 bits per heavy atom. The summed E-state index contributed by atoms with van der Waals surface area (Å²) in [7, 11) is 0. The van der Waals surface area contributed by atoms with E-state index in [2.05, 4.69) is 19.1 Å². The van der Waals surface area contributed by atoms with Crippen LogP contribution >= 0.6 is 0 Å². The number of ether oxygens (including phenoxy) is 1.